The molecule has 0 unspecified atom stereocenters. The topological polar surface area (TPSA) is 12.0 Å². The predicted molar refractivity (Wildman–Crippen MR) is 130 cm³/mol. The molecule has 0 bridgehead atoms. The van der Waals surface area contributed by atoms with Gasteiger partial charge in [-0.25, -0.2) is 0 Å². The van der Waals surface area contributed by atoms with Crippen LogP contribution in [0.15, 0.2) is 24.4 Å². The summed E-state index contributed by atoms with van der Waals surface area (Å²) in [5.41, 5.74) is 2.65. The van der Waals surface area contributed by atoms with E-state index >= 15 is 0 Å². The lowest BCUT2D eigenvalue weighted by Gasteiger charge is -2.21. The van der Waals surface area contributed by atoms with Crippen molar-refractivity contribution in [3.05, 3.63) is 24.4 Å². The van der Waals surface area contributed by atoms with Gasteiger partial charge in [0.1, 0.15) is 0 Å². The molecular weight excluding hydrogens is 338 g/mol. The first-order valence-electron chi connectivity index (χ1n) is 12.5. The zero-order valence-electron chi connectivity index (χ0n) is 20.3. The highest BCUT2D eigenvalue weighted by Crippen LogP contribution is 2.28. The van der Waals surface area contributed by atoms with E-state index in [4.69, 9.17) is 0 Å². The van der Waals surface area contributed by atoms with Gasteiger partial charge in [-0.05, 0) is 49.9 Å². The first kappa shape index (κ1) is 27.3. The van der Waals surface area contributed by atoms with Crippen LogP contribution in [0, 0.1) is 17.8 Å². The Kier molecular flexibility index (Phi) is 17.8. The van der Waals surface area contributed by atoms with E-state index < -0.39 is 0 Å². The van der Waals surface area contributed by atoms with Crippen LogP contribution in [0.3, 0.4) is 0 Å². The molecule has 28 heavy (non-hydrogen) atoms. The summed E-state index contributed by atoms with van der Waals surface area (Å²) in [5, 5.41) is 3.52. The fourth-order valence-electron chi connectivity index (χ4n) is 3.54. The molecule has 0 aromatic rings. The van der Waals surface area contributed by atoms with E-state index in [1.165, 1.54) is 94.7 Å². The fraction of sp³-hybridized carbons (Fsp3) is 0.852. The van der Waals surface area contributed by atoms with E-state index in [0.717, 1.165) is 24.8 Å². The van der Waals surface area contributed by atoms with Crippen LogP contribution in [0.4, 0.5) is 0 Å². The number of unbranched alkanes of at least 4 members (excludes halogenated alkanes) is 3. The predicted octanol–water partition coefficient (Wildman–Crippen LogP) is 9.06. The van der Waals surface area contributed by atoms with Crippen LogP contribution in [-0.2, 0) is 0 Å². The van der Waals surface area contributed by atoms with Crippen LogP contribution < -0.4 is 5.32 Å². The van der Waals surface area contributed by atoms with Crippen molar-refractivity contribution < 1.29 is 0 Å². The van der Waals surface area contributed by atoms with Crippen LogP contribution >= 0.6 is 0 Å². The summed E-state index contributed by atoms with van der Waals surface area (Å²) in [4.78, 5) is 0. The molecule has 0 saturated heterocycles. The van der Waals surface area contributed by atoms with Crippen molar-refractivity contribution in [2.45, 2.75) is 125 Å². The number of nitrogens with one attached hydrogen (secondary N) is 1. The zero-order chi connectivity index (χ0) is 21.2. The Bertz CT molecular complexity index is 374. The van der Waals surface area contributed by atoms with Gasteiger partial charge in [0, 0.05) is 12.2 Å². The minimum Gasteiger partial charge on any atom is -0.389 e. The van der Waals surface area contributed by atoms with Gasteiger partial charge in [0.2, 0.25) is 0 Å². The molecule has 0 radical (unpaired) electrons. The first-order valence-corrected chi connectivity index (χ1v) is 12.5. The fourth-order valence-corrected chi connectivity index (χ4v) is 3.54. The van der Waals surface area contributed by atoms with Gasteiger partial charge < -0.3 is 5.32 Å². The normalized spacial score (nSPS) is 14.7. The summed E-state index contributed by atoms with van der Waals surface area (Å²) in [6, 6.07) is 0. The molecule has 0 heterocycles. The summed E-state index contributed by atoms with van der Waals surface area (Å²) < 4.78 is 0. The summed E-state index contributed by atoms with van der Waals surface area (Å²) in [6.45, 7) is 20.5. The maximum absolute atomic E-state index is 4.18. The lowest BCUT2D eigenvalue weighted by Crippen LogP contribution is -2.14. The van der Waals surface area contributed by atoms with E-state index in [-0.39, 0.29) is 0 Å². The second kappa shape index (κ2) is 18.3. The van der Waals surface area contributed by atoms with Crippen molar-refractivity contribution in [1.82, 2.24) is 5.32 Å². The third kappa shape index (κ3) is 17.4. The maximum Gasteiger partial charge on any atom is 0.0143 e. The van der Waals surface area contributed by atoms with Gasteiger partial charge in [0.05, 0.1) is 0 Å². The Balaban J connectivity index is 0.00000129. The first-order chi connectivity index (χ1) is 13.4. The molecule has 0 spiro atoms. The number of allylic oxidation sites excluding steroid dienone is 2. The molecule has 1 heteroatoms. The lowest BCUT2D eigenvalue weighted by molar-refractivity contribution is 0.329. The molecule has 0 aromatic heterocycles. The van der Waals surface area contributed by atoms with Gasteiger partial charge in [-0.15, -0.1) is 0 Å². The van der Waals surface area contributed by atoms with Gasteiger partial charge in [-0.3, -0.25) is 0 Å². The van der Waals surface area contributed by atoms with Crippen molar-refractivity contribution in [1.29, 1.82) is 0 Å². The Morgan fingerprint density at radius 2 is 1.46 bits per heavy atom. The molecular formula is C27H53N. The largest absolute Gasteiger partial charge is 0.389 e. The van der Waals surface area contributed by atoms with Crippen molar-refractivity contribution in [3.8, 4) is 0 Å². The number of hydrogen-bond acceptors (Lipinski definition) is 1. The number of hydrogen-bond donors (Lipinski definition) is 1. The SMILES string of the molecule is C=C(CCCCC1CCCCC1)NCCCCCC(=C)C(C)C.CCC(C)C. The summed E-state index contributed by atoms with van der Waals surface area (Å²) in [6.07, 6.45) is 19.1. The van der Waals surface area contributed by atoms with Crippen molar-refractivity contribution in [2.24, 2.45) is 17.8 Å². The van der Waals surface area contributed by atoms with E-state index in [1.54, 1.807) is 0 Å². The molecule has 1 fully saturated rings. The lowest BCUT2D eigenvalue weighted by atomic mass is 9.85. The molecule has 1 rings (SSSR count). The standard InChI is InChI=1S/C22H41N.C5H12/c1-19(2)20(3)13-7-6-12-18-23-21(4)14-10-11-17-22-15-8-5-9-16-22;1-4-5(2)3/h19,22-23H,3-18H2,1-2H3;5H,4H2,1-3H3. The van der Waals surface area contributed by atoms with Crippen LogP contribution in [-0.4, -0.2) is 6.54 Å². The maximum atomic E-state index is 4.18. The summed E-state index contributed by atoms with van der Waals surface area (Å²) in [5.74, 6) is 2.56. The molecule has 166 valence electrons. The van der Waals surface area contributed by atoms with E-state index in [2.05, 4.69) is 53.1 Å². The second-order valence-electron chi connectivity index (χ2n) is 9.71. The van der Waals surface area contributed by atoms with Crippen LogP contribution in [0.2, 0.25) is 0 Å². The summed E-state index contributed by atoms with van der Waals surface area (Å²) in [7, 11) is 0. The third-order valence-electron chi connectivity index (χ3n) is 6.25. The second-order valence-corrected chi connectivity index (χ2v) is 9.71. The third-order valence-corrected chi connectivity index (χ3v) is 6.25. The summed E-state index contributed by atoms with van der Waals surface area (Å²) >= 11 is 0. The van der Waals surface area contributed by atoms with Crippen LogP contribution in [0.1, 0.15) is 125 Å². The molecule has 1 nitrogen and oxygen atoms in total. The molecule has 0 amide bonds. The van der Waals surface area contributed by atoms with E-state index in [9.17, 15) is 0 Å². The van der Waals surface area contributed by atoms with Crippen molar-refractivity contribution in [2.75, 3.05) is 6.54 Å². The highest BCUT2D eigenvalue weighted by atomic mass is 14.9. The average molecular weight is 392 g/mol. The Labute approximate surface area is 178 Å². The van der Waals surface area contributed by atoms with E-state index in [1.807, 2.05) is 0 Å². The van der Waals surface area contributed by atoms with Gasteiger partial charge in [-0.2, -0.15) is 0 Å². The molecule has 1 saturated carbocycles. The van der Waals surface area contributed by atoms with Crippen molar-refractivity contribution >= 4 is 0 Å². The Morgan fingerprint density at radius 1 is 0.857 bits per heavy atom. The van der Waals surface area contributed by atoms with Gasteiger partial charge in [-0.1, -0.05) is 111 Å². The van der Waals surface area contributed by atoms with Crippen LogP contribution in [0.25, 0.3) is 0 Å². The van der Waals surface area contributed by atoms with Gasteiger partial charge in [0.25, 0.3) is 0 Å². The van der Waals surface area contributed by atoms with Gasteiger partial charge in [0.15, 0.2) is 0 Å². The minimum atomic E-state index is 0.640. The average Bonchev–Trinajstić information content (AvgIpc) is 2.68. The number of rotatable bonds is 14. The molecule has 0 atom stereocenters. The zero-order valence-corrected chi connectivity index (χ0v) is 20.3. The molecule has 0 aromatic carbocycles. The van der Waals surface area contributed by atoms with Gasteiger partial charge >= 0.3 is 0 Å². The quantitative estimate of drug-likeness (QED) is 0.230. The molecule has 1 aliphatic rings. The molecule has 1 N–H and O–H groups in total. The smallest absolute Gasteiger partial charge is 0.0143 e. The highest BCUT2D eigenvalue weighted by Gasteiger charge is 2.12. The monoisotopic (exact) mass is 391 g/mol. The molecule has 0 aliphatic heterocycles. The van der Waals surface area contributed by atoms with E-state index in [0.29, 0.717) is 5.92 Å². The van der Waals surface area contributed by atoms with Crippen LogP contribution in [0.5, 0.6) is 0 Å². The minimum absolute atomic E-state index is 0.640. The molecule has 1 aliphatic carbocycles. The Morgan fingerprint density at radius 3 is 2.04 bits per heavy atom. The Hall–Kier alpha value is -0.720. The van der Waals surface area contributed by atoms with Crippen molar-refractivity contribution in [3.63, 3.8) is 0 Å². The highest BCUT2D eigenvalue weighted by molar-refractivity contribution is 4.96.